The molecular formula is C21H36N4O. The second-order valence-electron chi connectivity index (χ2n) is 7.27. The number of benzene rings is 1. The number of hydrogen-bond donors (Lipinski definition) is 1. The van der Waals surface area contributed by atoms with Crippen LogP contribution in [0.3, 0.4) is 0 Å². The average Bonchev–Trinajstić information content (AvgIpc) is 3.12. The van der Waals surface area contributed by atoms with Crippen LogP contribution in [0.2, 0.25) is 0 Å². The molecule has 0 radical (unpaired) electrons. The molecule has 146 valence electrons. The van der Waals surface area contributed by atoms with Crippen LogP contribution in [0.25, 0.3) is 0 Å². The molecule has 1 fully saturated rings. The molecule has 1 saturated heterocycles. The lowest BCUT2D eigenvalue weighted by Gasteiger charge is -2.26. The number of likely N-dealkylation sites (tertiary alicyclic amines) is 1. The van der Waals surface area contributed by atoms with Crippen molar-refractivity contribution in [2.24, 2.45) is 10.9 Å². The van der Waals surface area contributed by atoms with Crippen LogP contribution in [0.1, 0.15) is 32.3 Å². The molecule has 5 nitrogen and oxygen atoms in total. The molecule has 0 amide bonds. The monoisotopic (exact) mass is 360 g/mol. The van der Waals surface area contributed by atoms with Gasteiger partial charge >= 0.3 is 0 Å². The van der Waals surface area contributed by atoms with Gasteiger partial charge in [0, 0.05) is 51.8 Å². The molecule has 26 heavy (non-hydrogen) atoms. The van der Waals surface area contributed by atoms with E-state index >= 15 is 0 Å². The molecule has 0 aromatic heterocycles. The highest BCUT2D eigenvalue weighted by molar-refractivity contribution is 5.80. The van der Waals surface area contributed by atoms with E-state index in [9.17, 15) is 0 Å². The van der Waals surface area contributed by atoms with Crippen LogP contribution in [0.4, 0.5) is 0 Å². The Bertz CT molecular complexity index is 534. The number of rotatable bonds is 9. The minimum absolute atomic E-state index is 0.519. The fourth-order valence-electron chi connectivity index (χ4n) is 3.42. The number of nitrogens with zero attached hydrogens (tertiary/aromatic N) is 3. The smallest absolute Gasteiger partial charge is 0.193 e. The highest BCUT2D eigenvalue weighted by atomic mass is 16.5. The van der Waals surface area contributed by atoms with Gasteiger partial charge in [-0.1, -0.05) is 30.3 Å². The fraction of sp³-hybridized carbons (Fsp3) is 0.667. The third kappa shape index (κ3) is 6.61. The summed E-state index contributed by atoms with van der Waals surface area (Å²) >= 11 is 0. The third-order valence-electron chi connectivity index (χ3n) is 5.23. The molecule has 2 unspecified atom stereocenters. The molecule has 0 saturated carbocycles. The quantitative estimate of drug-likeness (QED) is 0.543. The Hall–Kier alpha value is -1.59. The van der Waals surface area contributed by atoms with Crippen molar-refractivity contribution in [3.63, 3.8) is 0 Å². The van der Waals surface area contributed by atoms with E-state index in [-0.39, 0.29) is 0 Å². The number of hydrogen-bond acceptors (Lipinski definition) is 3. The molecule has 2 atom stereocenters. The first-order chi connectivity index (χ1) is 12.6. The van der Waals surface area contributed by atoms with E-state index in [1.165, 1.54) is 12.0 Å². The summed E-state index contributed by atoms with van der Waals surface area (Å²) in [5.74, 6) is 1.66. The van der Waals surface area contributed by atoms with Gasteiger partial charge in [-0.2, -0.15) is 0 Å². The van der Waals surface area contributed by atoms with Crippen molar-refractivity contribution in [1.82, 2.24) is 15.1 Å². The lowest BCUT2D eigenvalue weighted by molar-refractivity contribution is 0.114. The van der Waals surface area contributed by atoms with Crippen LogP contribution in [0.5, 0.6) is 0 Å². The van der Waals surface area contributed by atoms with Crippen LogP contribution in [0, 0.1) is 5.92 Å². The van der Waals surface area contributed by atoms with Crippen molar-refractivity contribution >= 4 is 5.96 Å². The molecule has 1 heterocycles. The lowest BCUT2D eigenvalue weighted by atomic mass is 10.1. The molecule has 1 aromatic rings. The van der Waals surface area contributed by atoms with Crippen LogP contribution >= 0.6 is 0 Å². The van der Waals surface area contributed by atoms with Gasteiger partial charge in [-0.15, -0.1) is 0 Å². The number of ether oxygens (including phenoxy) is 1. The zero-order valence-corrected chi connectivity index (χ0v) is 16.9. The average molecular weight is 361 g/mol. The summed E-state index contributed by atoms with van der Waals surface area (Å²) in [5, 5.41) is 3.55. The molecular weight excluding hydrogens is 324 g/mol. The van der Waals surface area contributed by atoms with Gasteiger partial charge in [-0.25, -0.2) is 0 Å². The molecule has 5 heteroatoms. The third-order valence-corrected chi connectivity index (χ3v) is 5.23. The van der Waals surface area contributed by atoms with E-state index in [4.69, 9.17) is 4.74 Å². The first-order valence-corrected chi connectivity index (χ1v) is 9.91. The molecule has 1 N–H and O–H groups in total. The van der Waals surface area contributed by atoms with Crippen LogP contribution in [0.15, 0.2) is 35.3 Å². The van der Waals surface area contributed by atoms with E-state index < -0.39 is 0 Å². The Balaban J connectivity index is 1.70. The molecule has 2 rings (SSSR count). The van der Waals surface area contributed by atoms with Gasteiger partial charge < -0.3 is 15.0 Å². The summed E-state index contributed by atoms with van der Waals surface area (Å²) in [7, 11) is 4.08. The molecule has 0 spiro atoms. The summed E-state index contributed by atoms with van der Waals surface area (Å²) in [6.07, 6.45) is 2.29. The molecule has 1 aromatic carbocycles. The maximum Gasteiger partial charge on any atom is 0.193 e. The van der Waals surface area contributed by atoms with E-state index in [2.05, 4.69) is 71.3 Å². The van der Waals surface area contributed by atoms with Gasteiger partial charge in [0.1, 0.15) is 0 Å². The van der Waals surface area contributed by atoms with Gasteiger partial charge in [0.25, 0.3) is 0 Å². The highest BCUT2D eigenvalue weighted by Gasteiger charge is 2.24. The van der Waals surface area contributed by atoms with E-state index in [1.807, 2.05) is 7.05 Å². The Morgan fingerprint density at radius 2 is 2.15 bits per heavy atom. The Labute approximate surface area is 159 Å². The largest absolute Gasteiger partial charge is 0.381 e. The Morgan fingerprint density at radius 3 is 2.85 bits per heavy atom. The van der Waals surface area contributed by atoms with Crippen molar-refractivity contribution in [1.29, 1.82) is 0 Å². The molecule has 1 aliphatic heterocycles. The molecule has 0 bridgehead atoms. The van der Waals surface area contributed by atoms with E-state index in [0.717, 1.165) is 51.8 Å². The van der Waals surface area contributed by atoms with Crippen LogP contribution in [-0.2, 0) is 11.3 Å². The first kappa shape index (κ1) is 20.7. The number of nitrogens with one attached hydrogen (secondary N) is 1. The summed E-state index contributed by atoms with van der Waals surface area (Å²) in [6.45, 7) is 10.1. The van der Waals surface area contributed by atoms with Crippen molar-refractivity contribution < 1.29 is 4.74 Å². The van der Waals surface area contributed by atoms with Crippen molar-refractivity contribution in [2.45, 2.75) is 39.3 Å². The van der Waals surface area contributed by atoms with Crippen LogP contribution in [-0.4, -0.2) is 68.7 Å². The van der Waals surface area contributed by atoms with E-state index in [0.29, 0.717) is 12.0 Å². The summed E-state index contributed by atoms with van der Waals surface area (Å²) in [6, 6.07) is 11.2. The summed E-state index contributed by atoms with van der Waals surface area (Å²) < 4.78 is 5.57. The normalized spacial score (nSPS) is 19.2. The zero-order valence-electron chi connectivity index (χ0n) is 16.9. The zero-order chi connectivity index (χ0) is 18.8. The Morgan fingerprint density at radius 1 is 1.38 bits per heavy atom. The topological polar surface area (TPSA) is 40.1 Å². The maximum atomic E-state index is 5.57. The maximum absolute atomic E-state index is 5.57. The predicted molar refractivity (Wildman–Crippen MR) is 110 cm³/mol. The number of aliphatic imine (C=N–C) groups is 1. The Kier molecular flexibility index (Phi) is 8.92. The fourth-order valence-corrected chi connectivity index (χ4v) is 3.42. The van der Waals surface area contributed by atoms with Gasteiger partial charge in [0.05, 0.1) is 6.61 Å². The van der Waals surface area contributed by atoms with Crippen LogP contribution < -0.4 is 5.32 Å². The van der Waals surface area contributed by atoms with Gasteiger partial charge in [-0.3, -0.25) is 9.89 Å². The minimum atomic E-state index is 0.519. The van der Waals surface area contributed by atoms with E-state index in [1.54, 1.807) is 0 Å². The minimum Gasteiger partial charge on any atom is -0.381 e. The standard InChI is InChI=1S/C21H36N4O/c1-5-26-17-20-12-14-25(16-20)21(22-3)23-13-11-18(2)24(4)15-19-9-7-6-8-10-19/h6-10,18,20H,5,11-17H2,1-4H3,(H,22,23). The molecule has 0 aliphatic carbocycles. The predicted octanol–water partition coefficient (Wildman–Crippen LogP) is 2.83. The van der Waals surface area contributed by atoms with Crippen molar-refractivity contribution in [2.75, 3.05) is 46.9 Å². The first-order valence-electron chi connectivity index (χ1n) is 9.91. The number of guanidine groups is 1. The van der Waals surface area contributed by atoms with Crippen molar-refractivity contribution in [3.05, 3.63) is 35.9 Å². The summed E-state index contributed by atoms with van der Waals surface area (Å²) in [5.41, 5.74) is 1.36. The highest BCUT2D eigenvalue weighted by Crippen LogP contribution is 2.16. The van der Waals surface area contributed by atoms with Crippen molar-refractivity contribution in [3.8, 4) is 0 Å². The van der Waals surface area contributed by atoms with Gasteiger partial charge in [0.15, 0.2) is 5.96 Å². The lowest BCUT2D eigenvalue weighted by Crippen LogP contribution is -2.42. The second kappa shape index (κ2) is 11.2. The molecule has 1 aliphatic rings. The van der Waals surface area contributed by atoms with Gasteiger partial charge in [0.2, 0.25) is 0 Å². The summed E-state index contributed by atoms with van der Waals surface area (Å²) in [4.78, 5) is 9.24. The SMILES string of the molecule is CCOCC1CCN(C(=NC)NCCC(C)N(C)Cc2ccccc2)C1. The second-order valence-corrected chi connectivity index (χ2v) is 7.27. The van der Waals surface area contributed by atoms with Gasteiger partial charge in [-0.05, 0) is 39.3 Å².